The van der Waals surface area contributed by atoms with Crippen LogP contribution >= 0.6 is 11.3 Å². The van der Waals surface area contributed by atoms with Gasteiger partial charge in [-0.15, -0.1) is 0 Å². The summed E-state index contributed by atoms with van der Waals surface area (Å²) < 4.78 is 0. The van der Waals surface area contributed by atoms with Gasteiger partial charge in [-0.1, -0.05) is 0 Å². The Morgan fingerprint density at radius 3 is 3.04 bits per heavy atom. The van der Waals surface area contributed by atoms with E-state index in [-0.39, 0.29) is 17.2 Å². The lowest BCUT2D eigenvalue weighted by molar-refractivity contribution is -0.138. The Bertz CT molecular complexity index is 759. The van der Waals surface area contributed by atoms with Crippen molar-refractivity contribution in [1.82, 2.24) is 19.8 Å². The Balaban J connectivity index is 1.43. The number of carbonyl (C=O) groups excluding carboxylic acids is 2. The first kappa shape index (κ1) is 17.3. The van der Waals surface area contributed by atoms with Crippen molar-refractivity contribution in [2.45, 2.75) is 32.1 Å². The molecule has 2 fully saturated rings. The van der Waals surface area contributed by atoms with Gasteiger partial charge in [0.05, 0.1) is 11.9 Å². The number of thiophene rings is 1. The standard InChI is InChI=1S/C19H24N4O2S/c24-17-2-6-19(12-22(17)8-3-16-10-20-14-21-16)5-1-7-23(13-19)18(25)15-4-9-26-11-15/h4,9-11,14H,1-3,5-8,12-13H2,(H,20,21). The fourth-order valence-corrected chi connectivity index (χ4v) is 4.90. The van der Waals surface area contributed by atoms with Crippen LogP contribution in [-0.2, 0) is 11.2 Å². The normalized spacial score (nSPS) is 23.6. The number of carbonyl (C=O) groups is 2. The molecule has 2 aliphatic rings. The average molecular weight is 372 g/mol. The van der Waals surface area contributed by atoms with Gasteiger partial charge in [0.25, 0.3) is 5.91 Å². The van der Waals surface area contributed by atoms with Gasteiger partial charge < -0.3 is 14.8 Å². The van der Waals surface area contributed by atoms with Crippen LogP contribution in [0, 0.1) is 5.41 Å². The third-order valence-corrected chi connectivity index (χ3v) is 6.35. The molecule has 1 atom stereocenters. The molecule has 1 spiro atoms. The van der Waals surface area contributed by atoms with Crippen molar-refractivity contribution < 1.29 is 9.59 Å². The molecule has 0 bridgehead atoms. The van der Waals surface area contributed by atoms with E-state index in [0.29, 0.717) is 13.0 Å². The Hall–Kier alpha value is -2.15. The molecule has 26 heavy (non-hydrogen) atoms. The summed E-state index contributed by atoms with van der Waals surface area (Å²) in [4.78, 5) is 36.3. The van der Waals surface area contributed by atoms with Crippen molar-refractivity contribution in [2.24, 2.45) is 5.41 Å². The Labute approximate surface area is 157 Å². The minimum absolute atomic E-state index is 0.0474. The summed E-state index contributed by atoms with van der Waals surface area (Å²) in [5.74, 6) is 0.364. The molecule has 1 unspecified atom stereocenters. The number of hydrogen-bond donors (Lipinski definition) is 1. The van der Waals surface area contributed by atoms with Crippen LogP contribution in [0.1, 0.15) is 41.7 Å². The largest absolute Gasteiger partial charge is 0.348 e. The Kier molecular flexibility index (Phi) is 4.80. The van der Waals surface area contributed by atoms with Crippen LogP contribution in [0.25, 0.3) is 0 Å². The molecule has 6 nitrogen and oxygen atoms in total. The molecule has 2 saturated heterocycles. The SMILES string of the molecule is O=C1CCC2(CCCN(C(=O)c3ccsc3)C2)CN1CCc1cnc[nH]1. The molecule has 2 aromatic heterocycles. The van der Waals surface area contributed by atoms with Crippen molar-refractivity contribution in [3.05, 3.63) is 40.6 Å². The molecule has 4 rings (SSSR count). The van der Waals surface area contributed by atoms with Crippen LogP contribution in [0.5, 0.6) is 0 Å². The zero-order chi connectivity index (χ0) is 18.0. The number of imidazole rings is 1. The molecular formula is C19H24N4O2S. The van der Waals surface area contributed by atoms with E-state index in [0.717, 1.165) is 56.6 Å². The summed E-state index contributed by atoms with van der Waals surface area (Å²) in [6.07, 6.45) is 7.85. The summed E-state index contributed by atoms with van der Waals surface area (Å²) in [5.41, 5.74) is 1.89. The Morgan fingerprint density at radius 1 is 1.35 bits per heavy atom. The number of nitrogens with zero attached hydrogens (tertiary/aromatic N) is 3. The van der Waals surface area contributed by atoms with Crippen LogP contribution < -0.4 is 0 Å². The first-order valence-corrected chi connectivity index (χ1v) is 10.2. The molecule has 2 amide bonds. The predicted molar refractivity (Wildman–Crippen MR) is 100.0 cm³/mol. The molecule has 1 N–H and O–H groups in total. The molecule has 2 aromatic rings. The van der Waals surface area contributed by atoms with Crippen LogP contribution in [0.3, 0.4) is 0 Å². The minimum Gasteiger partial charge on any atom is -0.348 e. The summed E-state index contributed by atoms with van der Waals surface area (Å²) in [6.45, 7) is 3.04. The molecule has 0 radical (unpaired) electrons. The maximum absolute atomic E-state index is 12.8. The maximum Gasteiger partial charge on any atom is 0.254 e. The van der Waals surface area contributed by atoms with E-state index in [4.69, 9.17) is 0 Å². The van der Waals surface area contributed by atoms with Crippen LogP contribution in [0.2, 0.25) is 0 Å². The molecule has 2 aliphatic heterocycles. The highest BCUT2D eigenvalue weighted by atomic mass is 32.1. The van der Waals surface area contributed by atoms with Crippen molar-refractivity contribution in [3.8, 4) is 0 Å². The van der Waals surface area contributed by atoms with Gasteiger partial charge in [0.2, 0.25) is 5.91 Å². The average Bonchev–Trinajstić information content (AvgIpc) is 3.36. The number of likely N-dealkylation sites (tertiary alicyclic amines) is 2. The van der Waals surface area contributed by atoms with Crippen LogP contribution in [0.15, 0.2) is 29.4 Å². The molecule has 0 saturated carbocycles. The van der Waals surface area contributed by atoms with Crippen LogP contribution in [0.4, 0.5) is 0 Å². The van der Waals surface area contributed by atoms with Gasteiger partial charge in [0, 0.05) is 61.7 Å². The monoisotopic (exact) mass is 372 g/mol. The van der Waals surface area contributed by atoms with Gasteiger partial charge >= 0.3 is 0 Å². The quantitative estimate of drug-likeness (QED) is 0.897. The number of rotatable bonds is 4. The number of aromatic amines is 1. The second kappa shape index (κ2) is 7.23. The summed E-state index contributed by atoms with van der Waals surface area (Å²) >= 11 is 1.56. The molecule has 138 valence electrons. The maximum atomic E-state index is 12.8. The number of piperidine rings is 2. The number of nitrogens with one attached hydrogen (secondary N) is 1. The van der Waals surface area contributed by atoms with Gasteiger partial charge in [0.1, 0.15) is 0 Å². The van der Waals surface area contributed by atoms with E-state index in [1.54, 1.807) is 17.7 Å². The molecular weight excluding hydrogens is 348 g/mol. The highest BCUT2D eigenvalue weighted by Gasteiger charge is 2.42. The minimum atomic E-state index is 0.0474. The van der Waals surface area contributed by atoms with Gasteiger partial charge in [0.15, 0.2) is 0 Å². The zero-order valence-electron chi connectivity index (χ0n) is 14.8. The van der Waals surface area contributed by atoms with Crippen LogP contribution in [-0.4, -0.2) is 57.8 Å². The summed E-state index contributed by atoms with van der Waals surface area (Å²) in [7, 11) is 0. The number of amides is 2. The third kappa shape index (κ3) is 3.53. The first-order valence-electron chi connectivity index (χ1n) is 9.22. The lowest BCUT2D eigenvalue weighted by atomic mass is 9.73. The lowest BCUT2D eigenvalue weighted by Crippen LogP contribution is -2.55. The van der Waals surface area contributed by atoms with Crippen molar-refractivity contribution >= 4 is 23.2 Å². The second-order valence-electron chi connectivity index (χ2n) is 7.48. The second-order valence-corrected chi connectivity index (χ2v) is 8.26. The first-order chi connectivity index (χ1) is 12.7. The smallest absolute Gasteiger partial charge is 0.254 e. The molecule has 0 aromatic carbocycles. The third-order valence-electron chi connectivity index (χ3n) is 5.67. The van der Waals surface area contributed by atoms with E-state index in [1.165, 1.54) is 0 Å². The van der Waals surface area contributed by atoms with Crippen molar-refractivity contribution in [2.75, 3.05) is 26.2 Å². The number of aromatic nitrogens is 2. The highest BCUT2D eigenvalue weighted by molar-refractivity contribution is 7.08. The van der Waals surface area contributed by atoms with E-state index >= 15 is 0 Å². The fraction of sp³-hybridized carbons (Fsp3) is 0.526. The van der Waals surface area contributed by atoms with Gasteiger partial charge in [-0.05, 0) is 30.7 Å². The Morgan fingerprint density at radius 2 is 2.27 bits per heavy atom. The number of hydrogen-bond acceptors (Lipinski definition) is 4. The molecule has 0 aliphatic carbocycles. The van der Waals surface area contributed by atoms with E-state index in [2.05, 4.69) is 9.97 Å². The summed E-state index contributed by atoms with van der Waals surface area (Å²) in [6, 6.07) is 1.90. The zero-order valence-corrected chi connectivity index (χ0v) is 15.6. The van der Waals surface area contributed by atoms with Crippen molar-refractivity contribution in [1.29, 1.82) is 0 Å². The van der Waals surface area contributed by atoms with E-state index in [1.807, 2.05) is 32.8 Å². The predicted octanol–water partition coefficient (Wildman–Crippen LogP) is 2.56. The van der Waals surface area contributed by atoms with Gasteiger partial charge in [-0.2, -0.15) is 11.3 Å². The molecule has 7 heteroatoms. The highest BCUT2D eigenvalue weighted by Crippen LogP contribution is 2.39. The van der Waals surface area contributed by atoms with Gasteiger partial charge in [-0.25, -0.2) is 4.98 Å². The summed E-state index contributed by atoms with van der Waals surface area (Å²) in [5, 5.41) is 3.87. The van der Waals surface area contributed by atoms with E-state index in [9.17, 15) is 9.59 Å². The molecule has 4 heterocycles. The lowest BCUT2D eigenvalue weighted by Gasteiger charge is -2.48. The fourth-order valence-electron chi connectivity index (χ4n) is 4.27. The van der Waals surface area contributed by atoms with Gasteiger partial charge in [-0.3, -0.25) is 9.59 Å². The number of H-pyrrole nitrogens is 1. The van der Waals surface area contributed by atoms with E-state index < -0.39 is 0 Å². The topological polar surface area (TPSA) is 69.3 Å². The van der Waals surface area contributed by atoms with Crippen molar-refractivity contribution in [3.63, 3.8) is 0 Å².